The Morgan fingerprint density at radius 2 is 1.51 bits per heavy atom. The van der Waals surface area contributed by atoms with E-state index >= 15 is 0 Å². The van der Waals surface area contributed by atoms with Gasteiger partial charge in [-0.25, -0.2) is 9.55 Å². The van der Waals surface area contributed by atoms with Crippen LogP contribution in [0.1, 0.15) is 70.3 Å². The van der Waals surface area contributed by atoms with Gasteiger partial charge in [-0.2, -0.15) is 4.57 Å². The lowest BCUT2D eigenvalue weighted by Crippen LogP contribution is -2.31. The van der Waals surface area contributed by atoms with Gasteiger partial charge in [0.1, 0.15) is 11.5 Å². The summed E-state index contributed by atoms with van der Waals surface area (Å²) in [6.07, 6.45) is 4.70. The molecule has 0 saturated carbocycles. The Kier molecular flexibility index (Phi) is 4.83. The topological polar surface area (TPSA) is 26.6 Å². The van der Waals surface area contributed by atoms with Crippen molar-refractivity contribution in [1.29, 1.82) is 0 Å². The second-order valence-electron chi connectivity index (χ2n) is 11.2. The summed E-state index contributed by atoms with van der Waals surface area (Å²) in [5.74, 6) is 0.350. The molecule has 0 radical (unpaired) electrons. The maximum atomic E-state index is 9.20. The van der Waals surface area contributed by atoms with E-state index < -0.39 is 11.8 Å². The second kappa shape index (κ2) is 8.67. The monoisotopic (exact) mass is 513 g/mol. The van der Waals surface area contributed by atoms with E-state index in [0.717, 1.165) is 45.9 Å². The van der Waals surface area contributed by atoms with Crippen LogP contribution in [0.5, 0.6) is 0 Å². The molecule has 0 fully saturated rings. The maximum absolute atomic E-state index is 9.20. The summed E-state index contributed by atoms with van der Waals surface area (Å²) in [6.45, 7) is 9.99. The number of benzene rings is 4. The van der Waals surface area contributed by atoms with Crippen molar-refractivity contribution < 1.29 is 7.31 Å². The summed E-state index contributed by atoms with van der Waals surface area (Å²) in [6, 6.07) is 23.3. The number of fused-ring (bicyclic) bond motifs is 6. The van der Waals surface area contributed by atoms with Crippen molar-refractivity contribution in [3.8, 4) is 22.8 Å². The van der Waals surface area contributed by atoms with E-state index in [1.54, 1.807) is 0 Å². The molecule has 7 rings (SSSR count). The zero-order valence-corrected chi connectivity index (χ0v) is 23.5. The molecule has 4 nitrogen and oxygen atoms in total. The largest absolute Gasteiger partial charge is 0.303 e. The van der Waals surface area contributed by atoms with E-state index in [9.17, 15) is 2.74 Å². The minimum atomic E-state index is -0.875. The first kappa shape index (κ1) is 21.7. The molecule has 1 aliphatic rings. The lowest BCUT2D eigenvalue weighted by Gasteiger charge is -2.20. The van der Waals surface area contributed by atoms with E-state index in [-0.39, 0.29) is 0 Å². The van der Waals surface area contributed by atoms with Crippen molar-refractivity contribution in [2.75, 3.05) is 0 Å². The molecule has 3 heterocycles. The van der Waals surface area contributed by atoms with Crippen LogP contribution in [-0.4, -0.2) is 14.1 Å². The Balaban J connectivity index is 1.71. The second-order valence-corrected chi connectivity index (χ2v) is 11.2. The van der Waals surface area contributed by atoms with Gasteiger partial charge < -0.3 is 4.57 Å². The van der Waals surface area contributed by atoms with E-state index in [4.69, 9.17) is 4.98 Å². The van der Waals surface area contributed by atoms with Crippen molar-refractivity contribution in [2.45, 2.75) is 52.8 Å². The summed E-state index contributed by atoms with van der Waals surface area (Å²) in [4.78, 5) is 4.72. The predicted octanol–water partition coefficient (Wildman–Crippen LogP) is 7.92. The fraction of sp³-hybridized carbons (Fsp3) is 0.257. The summed E-state index contributed by atoms with van der Waals surface area (Å²) in [7, 11) is 2.14. The van der Waals surface area contributed by atoms with E-state index in [2.05, 4.69) is 94.5 Å². The fourth-order valence-electron chi connectivity index (χ4n) is 6.65. The number of aromatic nitrogens is 4. The first-order valence-corrected chi connectivity index (χ1v) is 13.7. The van der Waals surface area contributed by atoms with Crippen LogP contribution in [0, 0.1) is 6.92 Å². The molecule has 1 aliphatic heterocycles. The van der Waals surface area contributed by atoms with Gasteiger partial charge in [0.15, 0.2) is 11.0 Å². The third kappa shape index (κ3) is 3.30. The number of hydrogen-bond acceptors (Lipinski definition) is 1. The molecule has 0 unspecified atom stereocenters. The van der Waals surface area contributed by atoms with Gasteiger partial charge >= 0.3 is 0 Å². The van der Waals surface area contributed by atoms with E-state index in [1.165, 1.54) is 33.2 Å². The highest BCUT2D eigenvalue weighted by molar-refractivity contribution is 6.01. The molecule has 194 valence electrons. The van der Waals surface area contributed by atoms with Crippen molar-refractivity contribution in [3.05, 3.63) is 107 Å². The highest BCUT2D eigenvalue weighted by atomic mass is 15.2. The van der Waals surface area contributed by atoms with Gasteiger partial charge in [-0.3, -0.25) is 0 Å². The Hall–Kier alpha value is -4.18. The zero-order chi connectivity index (χ0) is 28.8. The van der Waals surface area contributed by atoms with E-state index in [1.807, 2.05) is 40.0 Å². The number of para-hydroxylation sites is 3. The van der Waals surface area contributed by atoms with Crippen molar-refractivity contribution >= 4 is 21.8 Å². The molecule has 0 spiro atoms. The highest BCUT2D eigenvalue weighted by Gasteiger charge is 2.36. The van der Waals surface area contributed by atoms with Gasteiger partial charge in [0.25, 0.3) is 5.82 Å². The summed E-state index contributed by atoms with van der Waals surface area (Å²) < 4.78 is 25.3. The number of imidazole rings is 2. The first-order valence-electron chi connectivity index (χ1n) is 14.7. The Bertz CT molecular complexity index is 1980. The standard InChI is InChI=1S/C35H35N4/c1-21(2)24-14-11-15-25(22(3)4)34(24)39-30-17-10-9-16-29(30)37(6)35(39)32-23(5)26-12-7-8-13-27(26)33-28(32)20-31-36-18-19-38(31)33/h7-19,21-22H,20H2,1-6H3/q+1/i21D,22D. The average Bonchev–Trinajstić information content (AvgIpc) is 3.60. The van der Waals surface area contributed by atoms with Crippen molar-refractivity contribution in [2.24, 2.45) is 7.05 Å². The Morgan fingerprint density at radius 1 is 0.846 bits per heavy atom. The maximum Gasteiger partial charge on any atom is 0.295 e. The molecule has 0 saturated heterocycles. The number of rotatable bonds is 4. The molecular formula is C35H35N4+. The summed E-state index contributed by atoms with van der Waals surface area (Å²) in [5, 5.41) is 2.45. The minimum absolute atomic E-state index is 0.743. The lowest BCUT2D eigenvalue weighted by atomic mass is 9.90. The van der Waals surface area contributed by atoms with Gasteiger partial charge in [0.2, 0.25) is 0 Å². The van der Waals surface area contributed by atoms with Crippen LogP contribution in [0.25, 0.3) is 44.6 Å². The Labute approximate surface area is 233 Å². The molecule has 0 bridgehead atoms. The quantitative estimate of drug-likeness (QED) is 0.220. The van der Waals surface area contributed by atoms with Crippen molar-refractivity contribution in [1.82, 2.24) is 14.1 Å². The van der Waals surface area contributed by atoms with Crippen LogP contribution in [0.4, 0.5) is 0 Å². The molecule has 0 atom stereocenters. The van der Waals surface area contributed by atoms with Crippen molar-refractivity contribution in [3.63, 3.8) is 0 Å². The summed E-state index contributed by atoms with van der Waals surface area (Å²) in [5.41, 5.74) is 9.76. The molecular weight excluding hydrogens is 476 g/mol. The van der Waals surface area contributed by atoms with E-state index in [0.29, 0.717) is 0 Å². The molecule has 39 heavy (non-hydrogen) atoms. The highest BCUT2D eigenvalue weighted by Crippen LogP contribution is 2.45. The average molecular weight is 514 g/mol. The smallest absolute Gasteiger partial charge is 0.295 e. The predicted molar refractivity (Wildman–Crippen MR) is 160 cm³/mol. The normalized spacial score (nSPS) is 14.0. The van der Waals surface area contributed by atoms with Gasteiger partial charge in [-0.15, -0.1) is 0 Å². The number of nitrogens with zero attached hydrogens (tertiary/aromatic N) is 4. The zero-order valence-electron chi connectivity index (χ0n) is 25.5. The molecule has 2 aromatic heterocycles. The number of aryl methyl sites for hydroxylation is 2. The molecule has 0 N–H and O–H groups in total. The van der Waals surface area contributed by atoms with Gasteiger partial charge in [-0.1, -0.05) is 82.3 Å². The molecule has 6 aromatic rings. The molecule has 4 aromatic carbocycles. The minimum Gasteiger partial charge on any atom is -0.303 e. The van der Waals surface area contributed by atoms with Crippen LogP contribution in [0.3, 0.4) is 0 Å². The van der Waals surface area contributed by atoms with Gasteiger partial charge in [0.05, 0.1) is 18.3 Å². The van der Waals surface area contributed by atoms with Crippen LogP contribution in [0.2, 0.25) is 0 Å². The number of hydrogen-bond donors (Lipinski definition) is 0. The van der Waals surface area contributed by atoms with Gasteiger partial charge in [-0.05, 0) is 41.8 Å². The molecule has 0 amide bonds. The SMILES string of the molecule is [2H]C(C)(C)c1cccc(C([2H])(C)C)c1-n1c(-c2c3c(c4ccccc4c2C)-n2ccnc2C3)[n+](C)c2ccccc21. The third-order valence-electron chi connectivity index (χ3n) is 8.42. The third-order valence-corrected chi connectivity index (χ3v) is 8.42. The van der Waals surface area contributed by atoms with Crippen LogP contribution in [0.15, 0.2) is 79.1 Å². The lowest BCUT2D eigenvalue weighted by molar-refractivity contribution is -0.633. The van der Waals surface area contributed by atoms with Crippen LogP contribution in [-0.2, 0) is 13.5 Å². The Morgan fingerprint density at radius 3 is 2.23 bits per heavy atom. The fourth-order valence-corrected chi connectivity index (χ4v) is 6.65. The summed E-state index contributed by atoms with van der Waals surface area (Å²) >= 11 is 0. The van der Waals surface area contributed by atoms with Crippen LogP contribution < -0.4 is 4.57 Å². The molecule has 4 heteroatoms. The van der Waals surface area contributed by atoms with Gasteiger partial charge in [0, 0.05) is 43.6 Å². The molecule has 0 aliphatic carbocycles. The van der Waals surface area contributed by atoms with Crippen LogP contribution >= 0.6 is 0 Å². The first-order chi connectivity index (χ1) is 19.5.